The molecule has 0 aliphatic rings. The molecule has 1 rings (SSSR count). The van der Waals surface area contributed by atoms with Crippen molar-refractivity contribution in [3.05, 3.63) is 29.6 Å². The van der Waals surface area contributed by atoms with Crippen molar-refractivity contribution in [3.63, 3.8) is 0 Å². The van der Waals surface area contributed by atoms with Crippen LogP contribution in [0.1, 0.15) is 16.1 Å². The summed E-state index contributed by atoms with van der Waals surface area (Å²) in [7, 11) is 3.12. The number of nitrogens with zero attached hydrogens (tertiary/aromatic N) is 2. The number of methoxy groups -OCH3 is 2. The first-order chi connectivity index (χ1) is 8.71. The van der Waals surface area contributed by atoms with Crippen LogP contribution >= 0.6 is 0 Å². The number of carbonyl (C=O) groups excluding carboxylic acids is 1. The van der Waals surface area contributed by atoms with Crippen LogP contribution in [0.4, 0.5) is 0 Å². The lowest BCUT2D eigenvalue weighted by molar-refractivity contribution is 0.0285. The Hall–Kier alpha value is -1.97. The molecule has 0 aliphatic heterocycles. The Morgan fingerprint density at radius 1 is 1.56 bits per heavy atom. The monoisotopic (exact) mass is 249 g/mol. The van der Waals surface area contributed by atoms with Crippen molar-refractivity contribution in [2.75, 3.05) is 27.4 Å². The van der Waals surface area contributed by atoms with Crippen LogP contribution in [0.2, 0.25) is 0 Å². The molecule has 0 fully saturated rings. The fraction of sp³-hybridized carbons (Fsp3) is 0.417. The van der Waals surface area contributed by atoms with Crippen LogP contribution in [0.3, 0.4) is 0 Å². The minimum Gasteiger partial charge on any atom is -0.382 e. The lowest BCUT2D eigenvalue weighted by Crippen LogP contribution is -2.35. The van der Waals surface area contributed by atoms with E-state index < -0.39 is 0 Å². The third kappa shape index (κ3) is 4.13. The Labute approximate surface area is 106 Å². The van der Waals surface area contributed by atoms with Crippen LogP contribution in [-0.2, 0) is 9.47 Å². The van der Waals surface area contributed by atoms with Gasteiger partial charge in [0, 0.05) is 27.0 Å². The van der Waals surface area contributed by atoms with E-state index in [-0.39, 0.29) is 17.7 Å². The van der Waals surface area contributed by atoms with Crippen LogP contribution in [0.25, 0.3) is 0 Å². The molecule has 0 radical (unpaired) electrons. The van der Waals surface area contributed by atoms with Gasteiger partial charge in [0.1, 0.15) is 11.8 Å². The third-order valence-electron chi connectivity index (χ3n) is 2.30. The van der Waals surface area contributed by atoms with E-state index in [0.29, 0.717) is 18.7 Å². The predicted molar refractivity (Wildman–Crippen MR) is 64.0 cm³/mol. The molecule has 96 valence electrons. The van der Waals surface area contributed by atoms with Crippen molar-refractivity contribution in [1.82, 2.24) is 10.3 Å². The molecule has 0 saturated carbocycles. The molecule has 6 nitrogen and oxygen atoms in total. The van der Waals surface area contributed by atoms with E-state index in [4.69, 9.17) is 14.7 Å². The molecule has 0 bridgehead atoms. The summed E-state index contributed by atoms with van der Waals surface area (Å²) in [5.74, 6) is -0.308. The molecule has 1 unspecified atom stereocenters. The standard InChI is InChI=1S/C12H15N3O3/c1-17-8-10(18-2)7-15-12(16)11-4-3-9(5-13)6-14-11/h3-4,6,10H,7-8H2,1-2H3,(H,15,16). The van der Waals surface area contributed by atoms with Gasteiger partial charge in [-0.05, 0) is 12.1 Å². The van der Waals surface area contributed by atoms with Crippen molar-refractivity contribution in [1.29, 1.82) is 5.26 Å². The van der Waals surface area contributed by atoms with Crippen molar-refractivity contribution < 1.29 is 14.3 Å². The predicted octanol–water partition coefficient (Wildman–Crippen LogP) is 0.344. The first-order valence-electron chi connectivity index (χ1n) is 5.37. The summed E-state index contributed by atoms with van der Waals surface area (Å²) in [6.45, 7) is 0.739. The summed E-state index contributed by atoms with van der Waals surface area (Å²) in [5.41, 5.74) is 0.682. The van der Waals surface area contributed by atoms with Crippen LogP contribution in [0.5, 0.6) is 0 Å². The Morgan fingerprint density at radius 2 is 2.33 bits per heavy atom. The van der Waals surface area contributed by atoms with Gasteiger partial charge in [0.05, 0.1) is 18.3 Å². The zero-order valence-corrected chi connectivity index (χ0v) is 10.3. The average Bonchev–Trinajstić information content (AvgIpc) is 2.43. The van der Waals surface area contributed by atoms with Crippen molar-refractivity contribution >= 4 is 5.91 Å². The smallest absolute Gasteiger partial charge is 0.269 e. The van der Waals surface area contributed by atoms with Crippen LogP contribution < -0.4 is 5.32 Å². The molecule has 6 heteroatoms. The zero-order chi connectivity index (χ0) is 13.4. The lowest BCUT2D eigenvalue weighted by Gasteiger charge is -2.14. The summed E-state index contributed by atoms with van der Waals surface area (Å²) >= 11 is 0. The van der Waals surface area contributed by atoms with E-state index >= 15 is 0 Å². The highest BCUT2D eigenvalue weighted by Crippen LogP contribution is 1.99. The second kappa shape index (κ2) is 7.37. The molecule has 1 atom stereocenters. The molecule has 0 saturated heterocycles. The largest absolute Gasteiger partial charge is 0.382 e. The molecule has 1 aromatic rings. The van der Waals surface area contributed by atoms with Crippen molar-refractivity contribution in [2.24, 2.45) is 0 Å². The van der Waals surface area contributed by atoms with E-state index in [2.05, 4.69) is 10.3 Å². The number of rotatable bonds is 6. The maximum absolute atomic E-state index is 11.7. The highest BCUT2D eigenvalue weighted by molar-refractivity contribution is 5.92. The van der Waals surface area contributed by atoms with Crippen LogP contribution in [0, 0.1) is 11.3 Å². The Morgan fingerprint density at radius 3 is 2.83 bits per heavy atom. The molecular weight excluding hydrogens is 234 g/mol. The van der Waals surface area contributed by atoms with Gasteiger partial charge in [0.2, 0.25) is 0 Å². The number of nitrogens with one attached hydrogen (secondary N) is 1. The summed E-state index contributed by atoms with van der Waals surface area (Å²) < 4.78 is 10.0. The second-order valence-corrected chi connectivity index (χ2v) is 3.57. The highest BCUT2D eigenvalue weighted by atomic mass is 16.5. The molecule has 1 aromatic heterocycles. The average molecular weight is 249 g/mol. The normalized spacial score (nSPS) is 11.6. The van der Waals surface area contributed by atoms with Gasteiger partial charge in [-0.15, -0.1) is 0 Å². The first-order valence-corrected chi connectivity index (χ1v) is 5.37. The molecule has 1 amide bonds. The quantitative estimate of drug-likeness (QED) is 0.786. The van der Waals surface area contributed by atoms with E-state index in [0.717, 1.165) is 0 Å². The molecule has 1 heterocycles. The summed E-state index contributed by atoms with van der Waals surface area (Å²) in [5, 5.41) is 11.3. The lowest BCUT2D eigenvalue weighted by atomic mass is 10.2. The molecule has 0 aliphatic carbocycles. The summed E-state index contributed by atoms with van der Waals surface area (Å²) in [4.78, 5) is 15.6. The van der Waals surface area contributed by atoms with Gasteiger partial charge in [-0.1, -0.05) is 0 Å². The van der Waals surface area contributed by atoms with Gasteiger partial charge in [-0.3, -0.25) is 4.79 Å². The van der Waals surface area contributed by atoms with Gasteiger partial charge in [-0.25, -0.2) is 4.98 Å². The highest BCUT2D eigenvalue weighted by Gasteiger charge is 2.11. The van der Waals surface area contributed by atoms with Gasteiger partial charge in [0.15, 0.2) is 0 Å². The van der Waals surface area contributed by atoms with Gasteiger partial charge < -0.3 is 14.8 Å². The van der Waals surface area contributed by atoms with Gasteiger partial charge in [0.25, 0.3) is 5.91 Å². The third-order valence-corrected chi connectivity index (χ3v) is 2.30. The summed E-state index contributed by atoms with van der Waals surface area (Å²) in [6, 6.07) is 4.99. The number of pyridine rings is 1. The fourth-order valence-electron chi connectivity index (χ4n) is 1.29. The summed E-state index contributed by atoms with van der Waals surface area (Å²) in [6.07, 6.45) is 1.16. The second-order valence-electron chi connectivity index (χ2n) is 3.57. The number of nitriles is 1. The minimum atomic E-state index is -0.308. The Kier molecular flexibility index (Phi) is 5.77. The Balaban J connectivity index is 2.52. The number of ether oxygens (including phenoxy) is 2. The molecule has 0 aromatic carbocycles. The SMILES string of the molecule is COCC(CNC(=O)c1ccc(C#N)cn1)OC. The maximum atomic E-state index is 11.7. The van der Waals surface area contributed by atoms with Gasteiger partial charge in [-0.2, -0.15) is 5.26 Å². The molecule has 0 spiro atoms. The number of carbonyl (C=O) groups is 1. The zero-order valence-electron chi connectivity index (χ0n) is 10.3. The van der Waals surface area contributed by atoms with Crippen LogP contribution in [0.15, 0.2) is 18.3 Å². The number of amides is 1. The Bertz CT molecular complexity index is 425. The maximum Gasteiger partial charge on any atom is 0.269 e. The van der Waals surface area contributed by atoms with E-state index in [1.54, 1.807) is 20.3 Å². The first kappa shape index (κ1) is 14.1. The van der Waals surface area contributed by atoms with E-state index in [1.807, 2.05) is 6.07 Å². The topological polar surface area (TPSA) is 84.2 Å². The minimum absolute atomic E-state index is 0.197. The molecule has 18 heavy (non-hydrogen) atoms. The van der Waals surface area contributed by atoms with Crippen LogP contribution in [-0.4, -0.2) is 44.4 Å². The van der Waals surface area contributed by atoms with E-state index in [1.165, 1.54) is 12.3 Å². The number of hydrogen-bond acceptors (Lipinski definition) is 5. The fourth-order valence-corrected chi connectivity index (χ4v) is 1.29. The van der Waals surface area contributed by atoms with Gasteiger partial charge >= 0.3 is 0 Å². The number of hydrogen-bond donors (Lipinski definition) is 1. The molecule has 1 N–H and O–H groups in total. The van der Waals surface area contributed by atoms with Crippen molar-refractivity contribution in [3.8, 4) is 6.07 Å². The number of aromatic nitrogens is 1. The molecular formula is C12H15N3O3. The van der Waals surface area contributed by atoms with E-state index in [9.17, 15) is 4.79 Å². The van der Waals surface area contributed by atoms with Crippen molar-refractivity contribution in [2.45, 2.75) is 6.10 Å².